The maximum Gasteiger partial charge on any atom is 0.252 e. The van der Waals surface area contributed by atoms with Crippen molar-refractivity contribution in [3.8, 4) is 0 Å². The lowest BCUT2D eigenvalue weighted by Gasteiger charge is -2.01. The Morgan fingerprint density at radius 1 is 1.77 bits per heavy atom. The average molecular weight is 178 g/mol. The topological polar surface area (TPSA) is 54.5 Å². The number of hydrogen-bond donors (Lipinski definition) is 1. The molecule has 4 nitrogen and oxygen atoms in total. The van der Waals surface area contributed by atoms with E-state index in [-0.39, 0.29) is 12.0 Å². The molecule has 0 aromatic carbocycles. The lowest BCUT2D eigenvalue weighted by atomic mass is 10.2. The number of hydrogen-bond acceptors (Lipinski definition) is 3. The molecule has 1 aliphatic heterocycles. The van der Waals surface area contributed by atoms with Crippen LogP contribution in [0.3, 0.4) is 0 Å². The van der Waals surface area contributed by atoms with E-state index in [2.05, 4.69) is 10.3 Å². The van der Waals surface area contributed by atoms with Crippen LogP contribution in [0.5, 0.6) is 0 Å². The van der Waals surface area contributed by atoms with Gasteiger partial charge >= 0.3 is 0 Å². The van der Waals surface area contributed by atoms with E-state index in [1.54, 1.807) is 24.5 Å². The van der Waals surface area contributed by atoms with Crippen LogP contribution in [-0.4, -0.2) is 30.1 Å². The molecular weight excluding hydrogens is 168 g/mol. The number of ether oxygens (including phenoxy) is 1. The monoisotopic (exact) mass is 178 g/mol. The Hall–Kier alpha value is -1.42. The van der Waals surface area contributed by atoms with Gasteiger partial charge in [0.25, 0.3) is 5.91 Å². The molecular formula is C9H10N2O2. The van der Waals surface area contributed by atoms with Crippen molar-refractivity contribution in [2.45, 2.75) is 6.10 Å². The highest BCUT2D eigenvalue weighted by Crippen LogP contribution is 2.06. The van der Waals surface area contributed by atoms with Crippen LogP contribution in [0.2, 0.25) is 0 Å². The van der Waals surface area contributed by atoms with E-state index in [0.717, 1.165) is 6.61 Å². The van der Waals surface area contributed by atoms with Gasteiger partial charge in [-0.1, -0.05) is 0 Å². The third kappa shape index (κ3) is 2.26. The van der Waals surface area contributed by atoms with Gasteiger partial charge in [-0.05, 0) is 12.1 Å². The summed E-state index contributed by atoms with van der Waals surface area (Å²) in [5.41, 5.74) is 0.586. The Kier molecular flexibility index (Phi) is 2.23. The lowest BCUT2D eigenvalue weighted by molar-refractivity contribution is 0.0950. The first kappa shape index (κ1) is 8.19. The van der Waals surface area contributed by atoms with Crippen LogP contribution >= 0.6 is 0 Å². The molecule has 1 aliphatic rings. The van der Waals surface area contributed by atoms with E-state index < -0.39 is 0 Å². The van der Waals surface area contributed by atoms with Crippen molar-refractivity contribution in [2.75, 3.05) is 13.2 Å². The summed E-state index contributed by atoms with van der Waals surface area (Å²) in [5.74, 6) is -0.0939. The minimum absolute atomic E-state index is 0.0939. The number of aromatic nitrogens is 1. The van der Waals surface area contributed by atoms with Crippen LogP contribution in [-0.2, 0) is 4.74 Å². The number of amides is 1. The molecule has 4 heteroatoms. The zero-order valence-electron chi connectivity index (χ0n) is 7.06. The van der Waals surface area contributed by atoms with E-state index in [1.165, 1.54) is 0 Å². The van der Waals surface area contributed by atoms with E-state index in [1.807, 2.05) is 0 Å². The second kappa shape index (κ2) is 3.53. The maximum atomic E-state index is 11.4. The standard InChI is InChI=1S/C9H10N2O2/c12-9(11-5-8-6-13-8)7-2-1-3-10-4-7/h1-4,8H,5-6H2,(H,11,12). The van der Waals surface area contributed by atoms with Crippen molar-refractivity contribution in [3.05, 3.63) is 30.1 Å². The van der Waals surface area contributed by atoms with Crippen molar-refractivity contribution >= 4 is 5.91 Å². The van der Waals surface area contributed by atoms with Gasteiger partial charge in [-0.3, -0.25) is 9.78 Å². The minimum atomic E-state index is -0.0939. The van der Waals surface area contributed by atoms with Gasteiger partial charge in [-0.15, -0.1) is 0 Å². The third-order valence-corrected chi connectivity index (χ3v) is 1.82. The van der Waals surface area contributed by atoms with Gasteiger partial charge in [0.05, 0.1) is 18.3 Å². The highest BCUT2D eigenvalue weighted by atomic mass is 16.6. The number of nitrogens with one attached hydrogen (secondary N) is 1. The van der Waals surface area contributed by atoms with Crippen molar-refractivity contribution in [3.63, 3.8) is 0 Å². The number of epoxide rings is 1. The Labute approximate surface area is 75.9 Å². The van der Waals surface area contributed by atoms with Gasteiger partial charge in [0, 0.05) is 18.9 Å². The summed E-state index contributed by atoms with van der Waals surface area (Å²) in [5, 5.41) is 2.76. The normalized spacial score (nSPS) is 19.5. The van der Waals surface area contributed by atoms with Crippen molar-refractivity contribution in [1.82, 2.24) is 10.3 Å². The van der Waals surface area contributed by atoms with Gasteiger partial charge in [-0.2, -0.15) is 0 Å². The first-order valence-corrected chi connectivity index (χ1v) is 4.16. The lowest BCUT2D eigenvalue weighted by Crippen LogP contribution is -2.27. The molecule has 2 heterocycles. The quantitative estimate of drug-likeness (QED) is 0.673. The summed E-state index contributed by atoms with van der Waals surface area (Å²) in [7, 11) is 0. The zero-order valence-corrected chi connectivity index (χ0v) is 7.06. The van der Waals surface area contributed by atoms with Gasteiger partial charge in [0.1, 0.15) is 0 Å². The molecule has 1 N–H and O–H groups in total. The van der Waals surface area contributed by atoms with Gasteiger partial charge < -0.3 is 10.1 Å². The number of rotatable bonds is 3. The molecule has 1 aromatic rings. The fourth-order valence-corrected chi connectivity index (χ4v) is 0.992. The SMILES string of the molecule is O=C(NCC1CO1)c1cccnc1. The fourth-order valence-electron chi connectivity index (χ4n) is 0.992. The number of carbonyl (C=O) groups is 1. The van der Waals surface area contributed by atoms with Gasteiger partial charge in [0.15, 0.2) is 0 Å². The fraction of sp³-hybridized carbons (Fsp3) is 0.333. The molecule has 0 aliphatic carbocycles. The van der Waals surface area contributed by atoms with E-state index in [4.69, 9.17) is 4.74 Å². The van der Waals surface area contributed by atoms with Crippen LogP contribution in [0.4, 0.5) is 0 Å². The molecule has 0 radical (unpaired) electrons. The van der Waals surface area contributed by atoms with Crippen LogP contribution in [0.25, 0.3) is 0 Å². The van der Waals surface area contributed by atoms with E-state index in [0.29, 0.717) is 12.1 Å². The predicted molar refractivity (Wildman–Crippen MR) is 46.3 cm³/mol. The number of pyridine rings is 1. The Morgan fingerprint density at radius 3 is 3.23 bits per heavy atom. The molecule has 0 spiro atoms. The summed E-state index contributed by atoms with van der Waals surface area (Å²) >= 11 is 0. The Bertz CT molecular complexity index is 296. The molecule has 1 fully saturated rings. The molecule has 1 atom stereocenters. The van der Waals surface area contributed by atoms with Gasteiger partial charge in [-0.25, -0.2) is 0 Å². The molecule has 0 saturated carbocycles. The third-order valence-electron chi connectivity index (χ3n) is 1.82. The molecule has 0 bridgehead atoms. The number of nitrogens with zero attached hydrogens (tertiary/aromatic N) is 1. The first-order chi connectivity index (χ1) is 6.36. The summed E-state index contributed by atoms with van der Waals surface area (Å²) in [6.07, 6.45) is 3.41. The summed E-state index contributed by atoms with van der Waals surface area (Å²) in [6.45, 7) is 1.35. The summed E-state index contributed by atoms with van der Waals surface area (Å²) in [4.78, 5) is 15.2. The molecule has 1 amide bonds. The highest BCUT2D eigenvalue weighted by Gasteiger charge is 2.22. The minimum Gasteiger partial charge on any atom is -0.371 e. The molecule has 1 saturated heterocycles. The zero-order chi connectivity index (χ0) is 9.10. The molecule has 1 unspecified atom stereocenters. The molecule has 68 valence electrons. The molecule has 1 aromatic heterocycles. The van der Waals surface area contributed by atoms with Crippen LogP contribution < -0.4 is 5.32 Å². The van der Waals surface area contributed by atoms with E-state index in [9.17, 15) is 4.79 Å². The second-order valence-electron chi connectivity index (χ2n) is 2.91. The smallest absolute Gasteiger partial charge is 0.252 e. The average Bonchev–Trinajstić information content (AvgIpc) is 2.99. The van der Waals surface area contributed by atoms with Crippen molar-refractivity contribution in [2.24, 2.45) is 0 Å². The first-order valence-electron chi connectivity index (χ1n) is 4.16. The van der Waals surface area contributed by atoms with E-state index >= 15 is 0 Å². The number of carbonyl (C=O) groups excluding carboxylic acids is 1. The largest absolute Gasteiger partial charge is 0.371 e. The Balaban J connectivity index is 1.89. The van der Waals surface area contributed by atoms with Crippen LogP contribution in [0.15, 0.2) is 24.5 Å². The highest BCUT2D eigenvalue weighted by molar-refractivity contribution is 5.93. The van der Waals surface area contributed by atoms with Crippen LogP contribution in [0, 0.1) is 0 Å². The maximum absolute atomic E-state index is 11.4. The Morgan fingerprint density at radius 2 is 2.62 bits per heavy atom. The summed E-state index contributed by atoms with van der Waals surface area (Å²) in [6, 6.07) is 3.47. The van der Waals surface area contributed by atoms with Crippen molar-refractivity contribution in [1.29, 1.82) is 0 Å². The molecule has 13 heavy (non-hydrogen) atoms. The van der Waals surface area contributed by atoms with Gasteiger partial charge in [0.2, 0.25) is 0 Å². The molecule has 2 rings (SSSR count). The predicted octanol–water partition coefficient (Wildman–Crippen LogP) is 0.210. The van der Waals surface area contributed by atoms with Crippen molar-refractivity contribution < 1.29 is 9.53 Å². The van der Waals surface area contributed by atoms with Crippen LogP contribution in [0.1, 0.15) is 10.4 Å². The summed E-state index contributed by atoms with van der Waals surface area (Å²) < 4.78 is 4.96. The second-order valence-corrected chi connectivity index (χ2v) is 2.91.